The molecule has 1 aromatic carbocycles. The molecule has 10 heteroatoms. The molecule has 0 unspecified atom stereocenters. The molecule has 3 aromatic rings. The first-order valence-corrected chi connectivity index (χ1v) is 13.9. The summed E-state index contributed by atoms with van der Waals surface area (Å²) in [4.78, 5) is 21.0. The fourth-order valence-corrected chi connectivity index (χ4v) is 6.23. The summed E-state index contributed by atoms with van der Waals surface area (Å²) in [5, 5.41) is 14.2. The van der Waals surface area contributed by atoms with E-state index in [1.807, 2.05) is 18.2 Å². The van der Waals surface area contributed by atoms with Crippen LogP contribution in [0, 0.1) is 0 Å². The monoisotopic (exact) mass is 484 g/mol. The molecule has 0 radical (unpaired) electrons. The number of aliphatic hydroxyl groups is 1. The number of thioether (sulfide) groups is 1. The summed E-state index contributed by atoms with van der Waals surface area (Å²) in [5.41, 5.74) is 2.70. The zero-order valence-electron chi connectivity index (χ0n) is 18.4. The minimum absolute atomic E-state index is 0.209. The molecule has 5 rings (SSSR count). The molecule has 2 aromatic heterocycles. The fourth-order valence-electron chi connectivity index (χ4n) is 4.28. The Morgan fingerprint density at radius 1 is 1.03 bits per heavy atom. The fraction of sp³-hybridized carbons (Fsp3) is 0.478. The van der Waals surface area contributed by atoms with E-state index in [-0.39, 0.29) is 12.1 Å². The molecule has 1 saturated carbocycles. The molecule has 2 fully saturated rings. The van der Waals surface area contributed by atoms with Crippen molar-refractivity contribution in [2.75, 3.05) is 34.8 Å². The SMILES string of the molecule is [O-][S+]1CCN(c2nc(N[C@H]3CC[C@H](O)CC3)nc3c(SCc4ccccc4)ncnc23)CC1. The van der Waals surface area contributed by atoms with Crippen molar-refractivity contribution in [3.05, 3.63) is 42.2 Å². The van der Waals surface area contributed by atoms with E-state index < -0.39 is 11.2 Å². The van der Waals surface area contributed by atoms with E-state index in [0.29, 0.717) is 30.5 Å². The Morgan fingerprint density at radius 2 is 1.79 bits per heavy atom. The van der Waals surface area contributed by atoms with Gasteiger partial charge in [-0.2, -0.15) is 4.98 Å². The maximum absolute atomic E-state index is 11.9. The largest absolute Gasteiger partial charge is 0.616 e. The number of fused-ring (bicyclic) bond motifs is 1. The van der Waals surface area contributed by atoms with Crippen LogP contribution in [0.1, 0.15) is 31.2 Å². The van der Waals surface area contributed by atoms with Gasteiger partial charge in [-0.05, 0) is 31.2 Å². The van der Waals surface area contributed by atoms with Crippen LogP contribution in [0.3, 0.4) is 0 Å². The number of anilines is 2. The molecule has 33 heavy (non-hydrogen) atoms. The lowest BCUT2D eigenvalue weighted by molar-refractivity contribution is 0.126. The van der Waals surface area contributed by atoms with Gasteiger partial charge in [-0.3, -0.25) is 0 Å². The number of nitrogens with one attached hydrogen (secondary N) is 1. The second kappa shape index (κ2) is 10.4. The number of benzene rings is 1. The van der Waals surface area contributed by atoms with Gasteiger partial charge in [0, 0.05) is 11.8 Å². The van der Waals surface area contributed by atoms with Gasteiger partial charge < -0.3 is 19.9 Å². The summed E-state index contributed by atoms with van der Waals surface area (Å²) in [6, 6.07) is 10.5. The molecule has 2 N–H and O–H groups in total. The average Bonchev–Trinajstić information content (AvgIpc) is 2.85. The van der Waals surface area contributed by atoms with Crippen LogP contribution in [0.5, 0.6) is 0 Å². The van der Waals surface area contributed by atoms with Crippen molar-refractivity contribution in [1.82, 2.24) is 19.9 Å². The zero-order valence-corrected chi connectivity index (χ0v) is 20.0. The van der Waals surface area contributed by atoms with Crippen molar-refractivity contribution in [1.29, 1.82) is 0 Å². The van der Waals surface area contributed by atoms with Gasteiger partial charge in [-0.25, -0.2) is 15.0 Å². The van der Waals surface area contributed by atoms with Crippen LogP contribution in [0.15, 0.2) is 41.7 Å². The smallest absolute Gasteiger partial charge is 0.225 e. The van der Waals surface area contributed by atoms with Crippen LogP contribution in [0.2, 0.25) is 0 Å². The Hall–Kier alpha value is -2.14. The first-order chi connectivity index (χ1) is 16.2. The van der Waals surface area contributed by atoms with E-state index in [1.54, 1.807) is 18.1 Å². The standard InChI is InChI=1S/C23H28N6O2S2/c30-18-8-6-17(7-9-18)26-23-27-20-19(21(28-23)29-10-12-33(31)13-11-29)24-15-25-22(20)32-14-16-4-2-1-3-5-16/h1-5,15,17-18,30H,6-14H2,(H,26,27,28)/t17-,18-. The lowest BCUT2D eigenvalue weighted by Crippen LogP contribution is -2.41. The lowest BCUT2D eigenvalue weighted by Gasteiger charge is -2.30. The number of aromatic nitrogens is 4. The average molecular weight is 485 g/mol. The normalized spacial score (nSPS) is 21.9. The number of nitrogens with zero attached hydrogens (tertiary/aromatic N) is 5. The van der Waals surface area contributed by atoms with E-state index in [9.17, 15) is 9.66 Å². The van der Waals surface area contributed by atoms with E-state index in [1.165, 1.54) is 5.56 Å². The summed E-state index contributed by atoms with van der Waals surface area (Å²) >= 11 is 0.872. The van der Waals surface area contributed by atoms with Crippen LogP contribution in [-0.2, 0) is 16.9 Å². The second-order valence-electron chi connectivity index (χ2n) is 8.51. The van der Waals surface area contributed by atoms with Gasteiger partial charge in [0.25, 0.3) is 0 Å². The van der Waals surface area contributed by atoms with Gasteiger partial charge in [0.05, 0.1) is 19.2 Å². The topological polar surface area (TPSA) is 110 Å². The zero-order chi connectivity index (χ0) is 22.6. The van der Waals surface area contributed by atoms with Crippen LogP contribution in [0.25, 0.3) is 11.0 Å². The summed E-state index contributed by atoms with van der Waals surface area (Å²) in [6.45, 7) is 1.37. The van der Waals surface area contributed by atoms with Gasteiger partial charge in [0.15, 0.2) is 5.82 Å². The van der Waals surface area contributed by atoms with Crippen molar-refractivity contribution in [2.24, 2.45) is 0 Å². The predicted octanol–water partition coefficient (Wildman–Crippen LogP) is 3.00. The molecule has 1 aliphatic carbocycles. The Kier molecular flexibility index (Phi) is 7.15. The number of hydrogen-bond donors (Lipinski definition) is 2. The molecule has 3 heterocycles. The van der Waals surface area contributed by atoms with Crippen LogP contribution in [0.4, 0.5) is 11.8 Å². The maximum atomic E-state index is 11.9. The molecule has 8 nitrogen and oxygen atoms in total. The molecular weight excluding hydrogens is 456 g/mol. The molecular formula is C23H28N6O2S2. The molecule has 0 amide bonds. The Balaban J connectivity index is 1.48. The highest BCUT2D eigenvalue weighted by Gasteiger charge is 2.26. The minimum Gasteiger partial charge on any atom is -0.616 e. The van der Waals surface area contributed by atoms with Crippen molar-refractivity contribution in [2.45, 2.75) is 48.6 Å². The van der Waals surface area contributed by atoms with E-state index in [2.05, 4.69) is 32.3 Å². The highest BCUT2D eigenvalue weighted by atomic mass is 32.2. The van der Waals surface area contributed by atoms with Crippen LogP contribution >= 0.6 is 11.8 Å². The van der Waals surface area contributed by atoms with Crippen molar-refractivity contribution in [3.8, 4) is 0 Å². The predicted molar refractivity (Wildman–Crippen MR) is 133 cm³/mol. The van der Waals surface area contributed by atoms with Gasteiger partial charge in [0.2, 0.25) is 5.95 Å². The Bertz CT molecular complexity index is 1070. The molecule has 0 atom stereocenters. The number of aliphatic hydroxyl groups excluding tert-OH is 1. The number of rotatable bonds is 6. The van der Waals surface area contributed by atoms with Crippen molar-refractivity contribution in [3.63, 3.8) is 0 Å². The first-order valence-electron chi connectivity index (χ1n) is 11.4. The highest BCUT2D eigenvalue weighted by molar-refractivity contribution is 7.98. The molecule has 0 bridgehead atoms. The molecule has 2 aliphatic rings. The number of hydrogen-bond acceptors (Lipinski definition) is 9. The molecule has 1 saturated heterocycles. The van der Waals surface area contributed by atoms with E-state index in [4.69, 9.17) is 9.97 Å². The Morgan fingerprint density at radius 3 is 2.55 bits per heavy atom. The Labute approximate surface area is 200 Å². The summed E-state index contributed by atoms with van der Waals surface area (Å²) in [5.74, 6) is 3.41. The second-order valence-corrected chi connectivity index (χ2v) is 11.2. The summed E-state index contributed by atoms with van der Waals surface area (Å²) < 4.78 is 11.9. The van der Waals surface area contributed by atoms with Crippen molar-refractivity contribution < 1.29 is 9.66 Å². The third-order valence-corrected chi connectivity index (χ3v) is 8.48. The van der Waals surface area contributed by atoms with Crippen LogP contribution < -0.4 is 10.2 Å². The van der Waals surface area contributed by atoms with E-state index in [0.717, 1.165) is 53.3 Å². The summed E-state index contributed by atoms with van der Waals surface area (Å²) in [6.07, 6.45) is 4.73. The molecule has 174 valence electrons. The van der Waals surface area contributed by atoms with Gasteiger partial charge >= 0.3 is 0 Å². The lowest BCUT2D eigenvalue weighted by atomic mass is 9.93. The quantitative estimate of drug-likeness (QED) is 0.310. The third kappa shape index (κ3) is 5.51. The van der Waals surface area contributed by atoms with E-state index >= 15 is 0 Å². The van der Waals surface area contributed by atoms with Gasteiger partial charge in [-0.1, -0.05) is 53.3 Å². The molecule has 1 aliphatic heterocycles. The van der Waals surface area contributed by atoms with Gasteiger partial charge in [0.1, 0.15) is 33.9 Å². The summed E-state index contributed by atoms with van der Waals surface area (Å²) in [7, 11) is 0. The first kappa shape index (κ1) is 22.6. The maximum Gasteiger partial charge on any atom is 0.225 e. The third-order valence-electron chi connectivity index (χ3n) is 6.16. The van der Waals surface area contributed by atoms with Crippen LogP contribution in [-0.4, -0.2) is 66.3 Å². The minimum atomic E-state index is -0.773. The van der Waals surface area contributed by atoms with Crippen molar-refractivity contribution >= 4 is 45.7 Å². The van der Waals surface area contributed by atoms with Gasteiger partial charge in [-0.15, -0.1) is 0 Å². The molecule has 0 spiro atoms. The highest BCUT2D eigenvalue weighted by Crippen LogP contribution is 2.32.